The van der Waals surface area contributed by atoms with Gasteiger partial charge in [-0.05, 0) is 25.5 Å². The molecule has 0 aliphatic carbocycles. The highest BCUT2D eigenvalue weighted by Crippen LogP contribution is 2.31. The fraction of sp³-hybridized carbons (Fsp3) is 0.357. The van der Waals surface area contributed by atoms with Crippen molar-refractivity contribution in [1.29, 1.82) is 0 Å². The summed E-state index contributed by atoms with van der Waals surface area (Å²) in [5.74, 6) is -1.17. The van der Waals surface area contributed by atoms with Crippen LogP contribution in [0.1, 0.15) is 30.5 Å². The molecule has 0 saturated carbocycles. The van der Waals surface area contributed by atoms with Crippen molar-refractivity contribution in [2.45, 2.75) is 24.9 Å². The molecule has 0 unspecified atom stereocenters. The number of nitrogens with one attached hydrogen (secondary N) is 1. The van der Waals surface area contributed by atoms with E-state index in [1.807, 2.05) is 0 Å². The minimum Gasteiger partial charge on any atom is -0.384 e. The summed E-state index contributed by atoms with van der Waals surface area (Å²) in [6.07, 6.45) is 2.60. The van der Waals surface area contributed by atoms with Gasteiger partial charge in [0.1, 0.15) is 17.9 Å². The highest BCUT2D eigenvalue weighted by Gasteiger charge is 2.27. The van der Waals surface area contributed by atoms with Gasteiger partial charge in [0.15, 0.2) is 0 Å². The summed E-state index contributed by atoms with van der Waals surface area (Å²) in [5, 5.41) is 3.19. The molecule has 1 aliphatic heterocycles. The van der Waals surface area contributed by atoms with Gasteiger partial charge < -0.3 is 9.84 Å². The van der Waals surface area contributed by atoms with Crippen LogP contribution in [-0.4, -0.2) is 11.3 Å². The van der Waals surface area contributed by atoms with Gasteiger partial charge in [-0.25, -0.2) is 8.78 Å². The minimum atomic E-state index is -0.596. The molecule has 1 aliphatic rings. The first-order valence-corrected chi connectivity index (χ1v) is 6.50. The zero-order chi connectivity index (χ0) is 14.1. The maximum absolute atomic E-state index is 13.8. The van der Waals surface area contributed by atoms with Crippen molar-refractivity contribution in [1.82, 2.24) is 10.1 Å². The molecule has 6 heteroatoms. The largest absolute Gasteiger partial charge is 0.384 e. The van der Waals surface area contributed by atoms with Gasteiger partial charge in [0, 0.05) is 23.7 Å². The van der Waals surface area contributed by atoms with Crippen LogP contribution in [0.25, 0.3) is 0 Å². The average Bonchev–Trinajstić information content (AvgIpc) is 2.85. The topological polar surface area (TPSA) is 47.2 Å². The molecule has 2 aromatic rings. The molecule has 0 bridgehead atoms. The summed E-state index contributed by atoms with van der Waals surface area (Å²) in [6, 6.07) is 4.53. The quantitative estimate of drug-likeness (QED) is 0.918. The lowest BCUT2D eigenvalue weighted by Crippen LogP contribution is -2.35. The van der Waals surface area contributed by atoms with E-state index in [0.29, 0.717) is 18.5 Å². The monoisotopic (exact) mass is 280 g/mol. The van der Waals surface area contributed by atoms with Gasteiger partial charge in [0.25, 0.3) is 5.56 Å². The standard InChI is InChI=1S/C14H14F2N2O2/c15-9-1-2-11(12(16)7-9)13-8-10(3-5-17-13)18-14(19)4-6-20-18/h1-2,4,6-7,10,13,17H,3,5,8H2/t10-,13+/m0/s1. The maximum atomic E-state index is 13.8. The number of piperidine rings is 1. The molecule has 0 radical (unpaired) electrons. The van der Waals surface area contributed by atoms with Crippen molar-refractivity contribution in [3.05, 3.63) is 58.1 Å². The molecule has 1 N–H and O–H groups in total. The van der Waals surface area contributed by atoms with Gasteiger partial charge in [-0.15, -0.1) is 0 Å². The van der Waals surface area contributed by atoms with Crippen LogP contribution in [0.3, 0.4) is 0 Å². The molecule has 1 aromatic carbocycles. The number of halogens is 2. The fourth-order valence-corrected chi connectivity index (χ4v) is 2.68. The smallest absolute Gasteiger partial charge is 0.282 e. The second-order valence-electron chi connectivity index (χ2n) is 4.92. The lowest BCUT2D eigenvalue weighted by molar-refractivity contribution is 0.160. The summed E-state index contributed by atoms with van der Waals surface area (Å²) in [7, 11) is 0. The van der Waals surface area contributed by atoms with E-state index in [0.717, 1.165) is 12.5 Å². The first-order chi connectivity index (χ1) is 9.65. The summed E-state index contributed by atoms with van der Waals surface area (Å²) in [6.45, 7) is 0.638. The Morgan fingerprint density at radius 2 is 2.15 bits per heavy atom. The maximum Gasteiger partial charge on any atom is 0.282 e. The SMILES string of the molecule is O=c1ccon1[C@H]1CCN[C@@H](c2ccc(F)cc2F)C1. The van der Waals surface area contributed by atoms with Crippen molar-refractivity contribution in [3.63, 3.8) is 0 Å². The summed E-state index contributed by atoms with van der Waals surface area (Å²) in [5.41, 5.74) is 0.214. The number of hydrogen-bond donors (Lipinski definition) is 1. The molecule has 0 spiro atoms. The van der Waals surface area contributed by atoms with Crippen LogP contribution in [0.15, 0.2) is 39.8 Å². The van der Waals surface area contributed by atoms with Crippen LogP contribution in [0.5, 0.6) is 0 Å². The molecule has 1 fully saturated rings. The predicted octanol–water partition coefficient (Wildman–Crippen LogP) is 2.39. The number of hydrogen-bond acceptors (Lipinski definition) is 3. The Bertz CT molecular complexity index is 665. The summed E-state index contributed by atoms with van der Waals surface area (Å²) < 4.78 is 33.2. The number of benzene rings is 1. The van der Waals surface area contributed by atoms with E-state index in [9.17, 15) is 13.6 Å². The normalized spacial score (nSPS) is 22.9. The van der Waals surface area contributed by atoms with E-state index in [1.165, 1.54) is 29.2 Å². The van der Waals surface area contributed by atoms with Crippen molar-refractivity contribution in [3.8, 4) is 0 Å². The highest BCUT2D eigenvalue weighted by atomic mass is 19.1. The Kier molecular flexibility index (Phi) is 3.40. The van der Waals surface area contributed by atoms with Crippen molar-refractivity contribution in [2.24, 2.45) is 0 Å². The van der Waals surface area contributed by atoms with Crippen LogP contribution in [0, 0.1) is 11.6 Å². The third-order valence-corrected chi connectivity index (χ3v) is 3.65. The molecule has 1 saturated heterocycles. The Morgan fingerprint density at radius 3 is 2.85 bits per heavy atom. The summed E-state index contributed by atoms with van der Waals surface area (Å²) in [4.78, 5) is 11.6. The van der Waals surface area contributed by atoms with E-state index in [2.05, 4.69) is 5.32 Å². The molecular formula is C14H14F2N2O2. The third kappa shape index (κ3) is 2.38. The van der Waals surface area contributed by atoms with Crippen LogP contribution in [0.4, 0.5) is 8.78 Å². The second-order valence-corrected chi connectivity index (χ2v) is 4.92. The Hall–Kier alpha value is -1.95. The first-order valence-electron chi connectivity index (χ1n) is 6.50. The Morgan fingerprint density at radius 1 is 1.30 bits per heavy atom. The second kappa shape index (κ2) is 5.20. The Labute approximate surface area is 114 Å². The van der Waals surface area contributed by atoms with Crippen LogP contribution < -0.4 is 10.9 Å². The molecule has 3 rings (SSSR count). The number of aromatic nitrogens is 1. The Balaban J connectivity index is 1.85. The van der Waals surface area contributed by atoms with Crippen LogP contribution >= 0.6 is 0 Å². The van der Waals surface area contributed by atoms with Gasteiger partial charge in [-0.1, -0.05) is 6.07 Å². The van der Waals surface area contributed by atoms with Crippen molar-refractivity contribution in [2.75, 3.05) is 6.54 Å². The van der Waals surface area contributed by atoms with E-state index in [4.69, 9.17) is 4.52 Å². The molecular weight excluding hydrogens is 266 g/mol. The van der Waals surface area contributed by atoms with Crippen LogP contribution in [-0.2, 0) is 0 Å². The average molecular weight is 280 g/mol. The third-order valence-electron chi connectivity index (χ3n) is 3.65. The molecule has 2 atom stereocenters. The molecule has 0 amide bonds. The van der Waals surface area contributed by atoms with Gasteiger partial charge >= 0.3 is 0 Å². The molecule has 4 nitrogen and oxygen atoms in total. The number of nitrogens with zero attached hydrogens (tertiary/aromatic N) is 1. The van der Waals surface area contributed by atoms with E-state index in [1.54, 1.807) is 0 Å². The molecule has 106 valence electrons. The minimum absolute atomic E-state index is 0.117. The van der Waals surface area contributed by atoms with E-state index >= 15 is 0 Å². The molecule has 20 heavy (non-hydrogen) atoms. The van der Waals surface area contributed by atoms with Gasteiger partial charge in [0.2, 0.25) is 0 Å². The summed E-state index contributed by atoms with van der Waals surface area (Å²) >= 11 is 0. The molecule has 2 heterocycles. The van der Waals surface area contributed by atoms with Crippen molar-refractivity contribution < 1.29 is 13.3 Å². The van der Waals surface area contributed by atoms with Gasteiger partial charge in [0.05, 0.1) is 6.04 Å². The fourth-order valence-electron chi connectivity index (χ4n) is 2.68. The highest BCUT2D eigenvalue weighted by molar-refractivity contribution is 5.22. The van der Waals surface area contributed by atoms with Gasteiger partial charge in [-0.2, -0.15) is 4.74 Å². The number of rotatable bonds is 2. The van der Waals surface area contributed by atoms with E-state index in [-0.39, 0.29) is 17.6 Å². The van der Waals surface area contributed by atoms with Crippen LogP contribution in [0.2, 0.25) is 0 Å². The lowest BCUT2D eigenvalue weighted by atomic mass is 9.93. The van der Waals surface area contributed by atoms with Crippen molar-refractivity contribution >= 4 is 0 Å². The van der Waals surface area contributed by atoms with Gasteiger partial charge in [-0.3, -0.25) is 4.79 Å². The first kappa shape index (κ1) is 13.1. The molecule has 1 aromatic heterocycles. The van der Waals surface area contributed by atoms with E-state index < -0.39 is 11.6 Å². The predicted molar refractivity (Wildman–Crippen MR) is 68.3 cm³/mol. The zero-order valence-corrected chi connectivity index (χ0v) is 10.7. The lowest BCUT2D eigenvalue weighted by Gasteiger charge is -2.30. The zero-order valence-electron chi connectivity index (χ0n) is 10.7.